The summed E-state index contributed by atoms with van der Waals surface area (Å²) in [7, 11) is 1.63. The highest BCUT2D eigenvalue weighted by Gasteiger charge is 2.56. The molecule has 5 heterocycles. The topological polar surface area (TPSA) is 111 Å². The average molecular weight is 791 g/mol. The van der Waals surface area contributed by atoms with Gasteiger partial charge in [-0.25, -0.2) is 0 Å². The van der Waals surface area contributed by atoms with E-state index in [0.717, 1.165) is 16.7 Å². The molecule has 0 aliphatic carbocycles. The minimum atomic E-state index is -0.871. The quantitative estimate of drug-likeness (QED) is 0.199. The second-order valence-electron chi connectivity index (χ2n) is 16.0. The van der Waals surface area contributed by atoms with E-state index in [1.807, 2.05) is 92.7 Å². The minimum absolute atomic E-state index is 0.00472. The molecule has 8 unspecified atom stereocenters. The normalized spacial score (nSPS) is 40.8. The molecule has 0 amide bonds. The Balaban J connectivity index is 1.10. The van der Waals surface area contributed by atoms with Crippen LogP contribution in [-0.2, 0) is 70.1 Å². The Morgan fingerprint density at radius 1 is 0.509 bits per heavy atom. The summed E-state index contributed by atoms with van der Waals surface area (Å²) in [5, 5.41) is 0. The first-order chi connectivity index (χ1) is 27.8. The van der Waals surface area contributed by atoms with Crippen LogP contribution in [-0.4, -0.2) is 100 Å². The fourth-order valence-corrected chi connectivity index (χ4v) is 8.70. The Kier molecular flexibility index (Phi) is 13.4. The molecule has 3 aromatic rings. The maximum Gasteiger partial charge on any atom is 0.187 e. The van der Waals surface area contributed by atoms with Gasteiger partial charge in [-0.1, -0.05) is 112 Å². The Morgan fingerprint density at radius 3 is 1.74 bits per heavy atom. The molecule has 12 nitrogen and oxygen atoms in total. The van der Waals surface area contributed by atoms with Gasteiger partial charge in [-0.15, -0.1) is 0 Å². The van der Waals surface area contributed by atoms with Crippen LogP contribution in [0.25, 0.3) is 0 Å². The zero-order chi connectivity index (χ0) is 39.5. The lowest BCUT2D eigenvalue weighted by Gasteiger charge is -2.53. The third-order valence-electron chi connectivity index (χ3n) is 12.1. The van der Waals surface area contributed by atoms with Crippen LogP contribution in [0.4, 0.5) is 0 Å². The molecule has 0 N–H and O–H groups in total. The summed E-state index contributed by atoms with van der Waals surface area (Å²) in [5.74, 6) is -0.459. The molecule has 0 spiro atoms. The van der Waals surface area contributed by atoms with Crippen LogP contribution in [0.2, 0.25) is 0 Å². The van der Waals surface area contributed by atoms with Gasteiger partial charge < -0.3 is 56.8 Å². The van der Waals surface area contributed by atoms with Gasteiger partial charge in [0, 0.05) is 30.4 Å². The van der Waals surface area contributed by atoms with Crippen LogP contribution in [0, 0.1) is 17.8 Å². The van der Waals surface area contributed by atoms with Crippen molar-refractivity contribution in [1.29, 1.82) is 0 Å². The zero-order valence-electron chi connectivity index (χ0n) is 33.7. The summed E-state index contributed by atoms with van der Waals surface area (Å²) in [6.45, 7) is 11.7. The molecule has 3 aromatic carbocycles. The second kappa shape index (κ2) is 18.6. The third-order valence-corrected chi connectivity index (χ3v) is 12.1. The predicted octanol–water partition coefficient (Wildman–Crippen LogP) is 6.55. The number of benzene rings is 3. The van der Waals surface area contributed by atoms with Crippen LogP contribution >= 0.6 is 0 Å². The minimum Gasteiger partial charge on any atom is -0.370 e. The Hall–Kier alpha value is -2.82. The molecule has 57 heavy (non-hydrogen) atoms. The van der Waals surface area contributed by atoms with E-state index in [9.17, 15) is 0 Å². The number of fused-ring (bicyclic) bond motifs is 2. The van der Waals surface area contributed by atoms with E-state index in [1.165, 1.54) is 0 Å². The highest BCUT2D eigenvalue weighted by atomic mass is 16.8. The van der Waals surface area contributed by atoms with Gasteiger partial charge in [0.15, 0.2) is 31.5 Å². The first-order valence-electron chi connectivity index (χ1n) is 20.5. The largest absolute Gasteiger partial charge is 0.370 e. The van der Waals surface area contributed by atoms with Crippen molar-refractivity contribution in [1.82, 2.24) is 0 Å². The molecule has 0 aromatic heterocycles. The molecule has 5 aliphatic heterocycles. The first-order valence-corrected chi connectivity index (χ1v) is 20.5. The number of hydrogen-bond acceptors (Lipinski definition) is 12. The van der Waals surface area contributed by atoms with Gasteiger partial charge in [-0.2, -0.15) is 0 Å². The van der Waals surface area contributed by atoms with Gasteiger partial charge in [0.25, 0.3) is 0 Å². The second-order valence-corrected chi connectivity index (χ2v) is 16.0. The maximum absolute atomic E-state index is 7.21. The molecule has 5 aliphatic rings. The molecule has 310 valence electrons. The monoisotopic (exact) mass is 790 g/mol. The van der Waals surface area contributed by atoms with Crippen molar-refractivity contribution >= 4 is 0 Å². The smallest absolute Gasteiger partial charge is 0.187 e. The molecule has 12 heteroatoms. The molecule has 5 saturated heterocycles. The van der Waals surface area contributed by atoms with Crippen molar-refractivity contribution in [3.8, 4) is 0 Å². The van der Waals surface area contributed by atoms with Crippen molar-refractivity contribution in [2.24, 2.45) is 17.8 Å². The number of ether oxygens (including phenoxy) is 12. The highest BCUT2D eigenvalue weighted by molar-refractivity contribution is 5.17. The summed E-state index contributed by atoms with van der Waals surface area (Å²) in [6, 6.07) is 30.2. The van der Waals surface area contributed by atoms with Crippen LogP contribution in [0.1, 0.15) is 57.6 Å². The Labute approximate surface area is 336 Å². The van der Waals surface area contributed by atoms with Gasteiger partial charge in [0.1, 0.15) is 30.5 Å². The average Bonchev–Trinajstić information content (AvgIpc) is 3.24. The third kappa shape index (κ3) is 9.18. The van der Waals surface area contributed by atoms with E-state index >= 15 is 0 Å². The molecule has 5 fully saturated rings. The van der Waals surface area contributed by atoms with Gasteiger partial charge in [0.05, 0.1) is 50.8 Å². The lowest BCUT2D eigenvalue weighted by atomic mass is 9.88. The lowest BCUT2D eigenvalue weighted by molar-refractivity contribution is -0.409. The van der Waals surface area contributed by atoms with E-state index in [1.54, 1.807) is 7.11 Å². The van der Waals surface area contributed by atoms with Crippen molar-refractivity contribution in [2.45, 2.75) is 134 Å². The van der Waals surface area contributed by atoms with Gasteiger partial charge in [-0.05, 0) is 25.0 Å². The molecule has 8 rings (SSSR count). The van der Waals surface area contributed by atoms with Crippen LogP contribution in [0.5, 0.6) is 0 Å². The van der Waals surface area contributed by atoms with Gasteiger partial charge in [-0.3, -0.25) is 0 Å². The fourth-order valence-electron chi connectivity index (χ4n) is 8.70. The first kappa shape index (κ1) is 40.9. The van der Waals surface area contributed by atoms with Crippen LogP contribution in [0.3, 0.4) is 0 Å². The van der Waals surface area contributed by atoms with Crippen molar-refractivity contribution in [3.05, 3.63) is 108 Å². The summed E-state index contributed by atoms with van der Waals surface area (Å²) in [4.78, 5) is 0. The standard InChI is InChI=1S/C45H58O12/c1-26-29(4)51-45(41(49-23-32-18-12-8-13-19-32)37(26)48-22-31-16-10-7-11-17-31)57-39-27(2)36-34(25-50-43(55-36)33-20-14-9-15-21-33)54-44(39)56-38-28(3)42(46-6)53-35-24-47-30(5)52-40(35)38/h7-21,26-30,34-45H,22-25H2,1-6H3/t26-,27+,28?,29?,30?,34?,35?,36-,37+,38-,39?,40+,41?,42+,43?,44+,45+/m1/s1. The van der Waals surface area contributed by atoms with Crippen LogP contribution < -0.4 is 0 Å². The summed E-state index contributed by atoms with van der Waals surface area (Å²) in [6.07, 6.45) is -7.19. The molecule has 0 radical (unpaired) electrons. The number of rotatable bonds is 12. The van der Waals surface area contributed by atoms with Crippen LogP contribution in [0.15, 0.2) is 91.0 Å². The van der Waals surface area contributed by atoms with Crippen molar-refractivity contribution < 1.29 is 56.8 Å². The highest BCUT2D eigenvalue weighted by Crippen LogP contribution is 2.43. The Morgan fingerprint density at radius 2 is 1.07 bits per heavy atom. The van der Waals surface area contributed by atoms with E-state index in [0.29, 0.717) is 26.4 Å². The predicted molar refractivity (Wildman–Crippen MR) is 206 cm³/mol. The maximum atomic E-state index is 7.21. The van der Waals surface area contributed by atoms with Gasteiger partial charge in [0.2, 0.25) is 0 Å². The fraction of sp³-hybridized carbons (Fsp3) is 0.600. The van der Waals surface area contributed by atoms with Gasteiger partial charge >= 0.3 is 0 Å². The Bertz CT molecular complexity index is 1670. The molecule has 0 bridgehead atoms. The molecule has 17 atom stereocenters. The molecule has 0 saturated carbocycles. The van der Waals surface area contributed by atoms with Crippen molar-refractivity contribution in [2.75, 3.05) is 20.3 Å². The zero-order valence-corrected chi connectivity index (χ0v) is 33.7. The number of methoxy groups -OCH3 is 1. The van der Waals surface area contributed by atoms with Crippen molar-refractivity contribution in [3.63, 3.8) is 0 Å². The summed E-state index contributed by atoms with van der Waals surface area (Å²) >= 11 is 0. The SMILES string of the molecule is CO[C@H]1OC2COC(C)O[C@@H]2[C@H](O[C@@H]2OC3COC(c4ccccc4)O[C@@H]3[C@H](C)C2O[C@@H]2OC(C)[C@@H](C)[C@H](OCc3ccccc3)C2OCc2ccccc2)C1C. The molecular weight excluding hydrogens is 732 g/mol. The van der Waals surface area contributed by atoms with E-state index in [-0.39, 0.29) is 36.1 Å². The lowest BCUT2D eigenvalue weighted by Crippen LogP contribution is -2.65. The molecular formula is C45H58O12. The van der Waals surface area contributed by atoms with E-state index in [4.69, 9.17) is 56.8 Å². The van der Waals surface area contributed by atoms with E-state index < -0.39 is 68.1 Å². The number of hydrogen-bond donors (Lipinski definition) is 0. The summed E-state index contributed by atoms with van der Waals surface area (Å²) < 4.78 is 78.7. The summed E-state index contributed by atoms with van der Waals surface area (Å²) in [5.41, 5.74) is 3.04. The van der Waals surface area contributed by atoms with E-state index in [2.05, 4.69) is 32.9 Å².